The van der Waals surface area contributed by atoms with Gasteiger partial charge in [0.2, 0.25) is 5.91 Å². The van der Waals surface area contributed by atoms with E-state index in [1.807, 2.05) is 25.1 Å². The molecule has 0 aliphatic carbocycles. The van der Waals surface area contributed by atoms with E-state index in [0.717, 1.165) is 10.9 Å². The molecule has 0 radical (unpaired) electrons. The minimum Gasteiger partial charge on any atom is -0.480 e. The fourth-order valence-corrected chi connectivity index (χ4v) is 2.11. The molecule has 6 heteroatoms. The second-order valence-corrected chi connectivity index (χ2v) is 5.06. The Balaban J connectivity index is 2.13. The van der Waals surface area contributed by atoms with Crippen LogP contribution in [0.1, 0.15) is 18.1 Å². The summed E-state index contributed by atoms with van der Waals surface area (Å²) in [5, 5.41) is 21.4. The number of carboxylic acids is 1. The number of nitrogens with one attached hydrogen (secondary N) is 1. The second-order valence-electron chi connectivity index (χ2n) is 5.06. The number of aliphatic hydroxyl groups is 1. The predicted molar refractivity (Wildman–Crippen MR) is 75.9 cm³/mol. The molecule has 3 N–H and O–H groups in total. The van der Waals surface area contributed by atoms with E-state index in [4.69, 9.17) is 9.52 Å². The Labute approximate surface area is 121 Å². The summed E-state index contributed by atoms with van der Waals surface area (Å²) in [6, 6.07) is 4.32. The van der Waals surface area contributed by atoms with Gasteiger partial charge in [0.15, 0.2) is 6.04 Å². The lowest BCUT2D eigenvalue weighted by Crippen LogP contribution is -2.48. The van der Waals surface area contributed by atoms with Gasteiger partial charge in [0.05, 0.1) is 18.8 Å². The molecular weight excluding hydrogens is 274 g/mol. The van der Waals surface area contributed by atoms with Crippen LogP contribution in [0.25, 0.3) is 11.0 Å². The van der Waals surface area contributed by atoms with Crippen molar-refractivity contribution in [1.82, 2.24) is 5.32 Å². The maximum absolute atomic E-state index is 11.9. The van der Waals surface area contributed by atoms with Gasteiger partial charge in [-0.1, -0.05) is 12.1 Å². The highest BCUT2D eigenvalue weighted by Gasteiger charge is 2.25. The molecule has 1 heterocycles. The number of benzene rings is 1. The van der Waals surface area contributed by atoms with Gasteiger partial charge < -0.3 is 19.9 Å². The molecule has 1 aromatic heterocycles. The van der Waals surface area contributed by atoms with Crippen LogP contribution >= 0.6 is 0 Å². The number of hydrogen-bond acceptors (Lipinski definition) is 4. The normalized spacial score (nSPS) is 13.9. The SMILES string of the molecule is Cc1ccc2c(CC(=O)NC(C(=O)O)C(C)O)coc2c1. The first-order valence-corrected chi connectivity index (χ1v) is 6.55. The van der Waals surface area contributed by atoms with Gasteiger partial charge in [0.1, 0.15) is 5.58 Å². The topological polar surface area (TPSA) is 99.8 Å². The van der Waals surface area contributed by atoms with Crippen LogP contribution in [0.4, 0.5) is 0 Å². The third-order valence-electron chi connectivity index (χ3n) is 3.23. The van der Waals surface area contributed by atoms with E-state index in [1.165, 1.54) is 13.2 Å². The minimum atomic E-state index is -1.32. The van der Waals surface area contributed by atoms with Crippen LogP contribution in [0.5, 0.6) is 0 Å². The molecule has 2 rings (SSSR count). The molecule has 0 spiro atoms. The van der Waals surface area contributed by atoms with E-state index < -0.39 is 24.0 Å². The first kappa shape index (κ1) is 15.1. The Morgan fingerprint density at radius 3 is 2.71 bits per heavy atom. The van der Waals surface area contributed by atoms with Gasteiger partial charge in [-0.05, 0) is 25.5 Å². The quantitative estimate of drug-likeness (QED) is 0.769. The lowest BCUT2D eigenvalue weighted by Gasteiger charge is -2.16. The van der Waals surface area contributed by atoms with Crippen molar-refractivity contribution in [1.29, 1.82) is 0 Å². The number of carbonyl (C=O) groups is 2. The Morgan fingerprint density at radius 2 is 2.10 bits per heavy atom. The van der Waals surface area contributed by atoms with Crippen molar-refractivity contribution in [3.8, 4) is 0 Å². The third kappa shape index (κ3) is 3.41. The number of rotatable bonds is 5. The summed E-state index contributed by atoms with van der Waals surface area (Å²) in [5.41, 5.74) is 2.41. The van der Waals surface area contributed by atoms with Crippen LogP contribution in [0, 0.1) is 6.92 Å². The average molecular weight is 291 g/mol. The van der Waals surface area contributed by atoms with Crippen molar-refractivity contribution in [3.63, 3.8) is 0 Å². The van der Waals surface area contributed by atoms with Gasteiger partial charge in [0, 0.05) is 10.9 Å². The molecule has 1 amide bonds. The average Bonchev–Trinajstić information content (AvgIpc) is 2.77. The van der Waals surface area contributed by atoms with Gasteiger partial charge in [0.25, 0.3) is 0 Å². The zero-order valence-corrected chi connectivity index (χ0v) is 11.8. The lowest BCUT2D eigenvalue weighted by atomic mass is 10.1. The minimum absolute atomic E-state index is 0.00738. The number of fused-ring (bicyclic) bond motifs is 1. The molecule has 0 bridgehead atoms. The number of aryl methyl sites for hydroxylation is 1. The molecule has 0 saturated carbocycles. The number of hydrogen-bond donors (Lipinski definition) is 3. The van der Waals surface area contributed by atoms with Crippen LogP contribution in [0.2, 0.25) is 0 Å². The number of aliphatic hydroxyl groups excluding tert-OH is 1. The summed E-state index contributed by atoms with van der Waals surface area (Å²) in [6.45, 7) is 3.25. The van der Waals surface area contributed by atoms with Crippen molar-refractivity contribution in [2.24, 2.45) is 0 Å². The zero-order valence-electron chi connectivity index (χ0n) is 11.8. The molecule has 6 nitrogen and oxygen atoms in total. The molecule has 2 atom stereocenters. The van der Waals surface area contributed by atoms with Gasteiger partial charge in [-0.15, -0.1) is 0 Å². The molecule has 1 aromatic carbocycles. The van der Waals surface area contributed by atoms with E-state index in [2.05, 4.69) is 5.32 Å². The van der Waals surface area contributed by atoms with Gasteiger partial charge in [-0.2, -0.15) is 0 Å². The van der Waals surface area contributed by atoms with Crippen molar-refractivity contribution in [3.05, 3.63) is 35.6 Å². The largest absolute Gasteiger partial charge is 0.480 e. The van der Waals surface area contributed by atoms with E-state index in [9.17, 15) is 14.7 Å². The number of aliphatic carboxylic acids is 1. The lowest BCUT2D eigenvalue weighted by molar-refractivity contribution is -0.144. The summed E-state index contributed by atoms with van der Waals surface area (Å²) in [6.07, 6.45) is 0.309. The highest BCUT2D eigenvalue weighted by atomic mass is 16.4. The van der Waals surface area contributed by atoms with Gasteiger partial charge >= 0.3 is 5.97 Å². The fourth-order valence-electron chi connectivity index (χ4n) is 2.11. The van der Waals surface area contributed by atoms with Crippen LogP contribution < -0.4 is 5.32 Å². The number of amides is 1. The van der Waals surface area contributed by atoms with E-state index in [1.54, 1.807) is 0 Å². The summed E-state index contributed by atoms with van der Waals surface area (Å²) in [5.74, 6) is -1.75. The molecule has 112 valence electrons. The highest BCUT2D eigenvalue weighted by molar-refractivity contribution is 5.90. The molecule has 0 saturated heterocycles. The summed E-state index contributed by atoms with van der Waals surface area (Å²) in [7, 11) is 0. The molecule has 2 aromatic rings. The van der Waals surface area contributed by atoms with Crippen LogP contribution in [0.15, 0.2) is 28.9 Å². The van der Waals surface area contributed by atoms with Crippen molar-refractivity contribution < 1.29 is 24.2 Å². The predicted octanol–water partition coefficient (Wildman–Crippen LogP) is 1.23. The van der Waals surface area contributed by atoms with E-state index >= 15 is 0 Å². The fraction of sp³-hybridized carbons (Fsp3) is 0.333. The second kappa shape index (κ2) is 5.97. The maximum Gasteiger partial charge on any atom is 0.328 e. The monoisotopic (exact) mass is 291 g/mol. The summed E-state index contributed by atoms with van der Waals surface area (Å²) < 4.78 is 5.38. The Hall–Kier alpha value is -2.34. The Morgan fingerprint density at radius 1 is 1.38 bits per heavy atom. The number of carboxylic acid groups (broad SMARTS) is 1. The van der Waals surface area contributed by atoms with Crippen LogP contribution in [-0.2, 0) is 16.0 Å². The summed E-state index contributed by atoms with van der Waals surface area (Å²) >= 11 is 0. The summed E-state index contributed by atoms with van der Waals surface area (Å²) in [4.78, 5) is 22.8. The standard InChI is InChI=1S/C15H17NO5/c1-8-3-4-11-10(7-21-12(11)5-8)6-13(18)16-14(9(2)17)15(19)20/h3-5,7,9,14,17H,6H2,1-2H3,(H,16,18)(H,19,20). The molecule has 0 fully saturated rings. The van der Waals surface area contributed by atoms with Crippen molar-refractivity contribution >= 4 is 22.8 Å². The van der Waals surface area contributed by atoms with Crippen LogP contribution in [0.3, 0.4) is 0 Å². The molecule has 2 unspecified atom stereocenters. The molecular formula is C15H17NO5. The first-order valence-electron chi connectivity index (χ1n) is 6.55. The smallest absolute Gasteiger partial charge is 0.328 e. The van der Waals surface area contributed by atoms with Gasteiger partial charge in [-0.3, -0.25) is 4.79 Å². The van der Waals surface area contributed by atoms with Crippen molar-refractivity contribution in [2.75, 3.05) is 0 Å². The Bertz CT molecular complexity index is 674. The number of carbonyl (C=O) groups excluding carboxylic acids is 1. The third-order valence-corrected chi connectivity index (χ3v) is 3.23. The highest BCUT2D eigenvalue weighted by Crippen LogP contribution is 2.22. The van der Waals surface area contributed by atoms with Crippen molar-refractivity contribution in [2.45, 2.75) is 32.4 Å². The Kier molecular flexibility index (Phi) is 4.28. The molecule has 0 aliphatic rings. The first-order chi connectivity index (χ1) is 9.88. The maximum atomic E-state index is 11.9. The number of furan rings is 1. The van der Waals surface area contributed by atoms with E-state index in [0.29, 0.717) is 11.1 Å². The molecule has 0 aliphatic heterocycles. The molecule has 21 heavy (non-hydrogen) atoms. The van der Waals surface area contributed by atoms with E-state index in [-0.39, 0.29) is 6.42 Å². The van der Waals surface area contributed by atoms with Crippen LogP contribution in [-0.4, -0.2) is 34.2 Å². The van der Waals surface area contributed by atoms with Gasteiger partial charge in [-0.25, -0.2) is 4.79 Å². The zero-order chi connectivity index (χ0) is 15.6.